The standard InChI is InChI=1S/C19H23N5O3/c1-4-27-9-5-8-21-16-13(18(25)20-3)10-14-17(23-16)22-15-7-6-12(2)11-24(15)19(14)26/h6-7,10-11H,4-5,8-9H2,1-3H3,(H,20,25)(H,21,23). The van der Waals surface area contributed by atoms with Crippen LogP contribution in [0.4, 0.5) is 5.82 Å². The van der Waals surface area contributed by atoms with E-state index in [0.717, 1.165) is 12.0 Å². The zero-order chi connectivity index (χ0) is 19.4. The molecule has 8 heteroatoms. The Bertz CT molecular complexity index is 1040. The molecule has 3 rings (SSSR count). The number of nitrogens with one attached hydrogen (secondary N) is 2. The van der Waals surface area contributed by atoms with E-state index < -0.39 is 0 Å². The molecule has 3 aromatic heterocycles. The van der Waals surface area contributed by atoms with Gasteiger partial charge in [-0.05, 0) is 38.0 Å². The lowest BCUT2D eigenvalue weighted by Crippen LogP contribution is -2.23. The van der Waals surface area contributed by atoms with Crippen molar-refractivity contribution in [3.05, 3.63) is 45.9 Å². The van der Waals surface area contributed by atoms with Gasteiger partial charge in [0, 0.05) is 33.0 Å². The Kier molecular flexibility index (Phi) is 5.66. The second-order valence-electron chi connectivity index (χ2n) is 6.16. The molecule has 3 heterocycles. The maximum absolute atomic E-state index is 12.9. The van der Waals surface area contributed by atoms with Crippen molar-refractivity contribution in [3.8, 4) is 0 Å². The Balaban J connectivity index is 2.08. The number of pyridine rings is 2. The highest BCUT2D eigenvalue weighted by Gasteiger charge is 2.16. The predicted molar refractivity (Wildman–Crippen MR) is 104 cm³/mol. The minimum atomic E-state index is -0.314. The molecule has 0 fully saturated rings. The molecule has 27 heavy (non-hydrogen) atoms. The van der Waals surface area contributed by atoms with Gasteiger partial charge in [0.25, 0.3) is 11.5 Å². The van der Waals surface area contributed by atoms with Gasteiger partial charge < -0.3 is 15.4 Å². The van der Waals surface area contributed by atoms with E-state index in [9.17, 15) is 9.59 Å². The third-order valence-corrected chi connectivity index (χ3v) is 4.18. The van der Waals surface area contributed by atoms with Gasteiger partial charge in [0.1, 0.15) is 11.5 Å². The molecule has 8 nitrogen and oxygen atoms in total. The Morgan fingerprint density at radius 2 is 2.11 bits per heavy atom. The van der Waals surface area contributed by atoms with Crippen molar-refractivity contribution in [2.75, 3.05) is 32.1 Å². The Morgan fingerprint density at radius 3 is 2.85 bits per heavy atom. The van der Waals surface area contributed by atoms with Crippen LogP contribution in [0.25, 0.3) is 16.7 Å². The van der Waals surface area contributed by atoms with Crippen molar-refractivity contribution >= 4 is 28.4 Å². The molecule has 0 saturated heterocycles. The van der Waals surface area contributed by atoms with Gasteiger partial charge in [-0.3, -0.25) is 14.0 Å². The van der Waals surface area contributed by atoms with Crippen LogP contribution in [0, 0.1) is 6.92 Å². The quantitative estimate of drug-likeness (QED) is 0.486. The van der Waals surface area contributed by atoms with E-state index in [2.05, 4.69) is 20.6 Å². The molecule has 0 atom stereocenters. The highest BCUT2D eigenvalue weighted by Crippen LogP contribution is 2.18. The molecule has 0 aromatic carbocycles. The number of carbonyl (C=O) groups is 1. The van der Waals surface area contributed by atoms with E-state index in [1.165, 1.54) is 4.40 Å². The average Bonchev–Trinajstić information content (AvgIpc) is 2.67. The molecule has 0 radical (unpaired) electrons. The summed E-state index contributed by atoms with van der Waals surface area (Å²) >= 11 is 0. The van der Waals surface area contributed by atoms with Gasteiger partial charge in [-0.25, -0.2) is 9.97 Å². The summed E-state index contributed by atoms with van der Waals surface area (Å²) in [5.41, 5.74) is 1.83. The number of hydrogen-bond acceptors (Lipinski definition) is 6. The Morgan fingerprint density at radius 1 is 1.30 bits per heavy atom. The van der Waals surface area contributed by atoms with Gasteiger partial charge in [0.15, 0.2) is 5.65 Å². The van der Waals surface area contributed by atoms with Crippen LogP contribution < -0.4 is 16.2 Å². The third-order valence-electron chi connectivity index (χ3n) is 4.18. The topological polar surface area (TPSA) is 97.6 Å². The molecule has 1 amide bonds. The highest BCUT2D eigenvalue weighted by atomic mass is 16.5. The van der Waals surface area contributed by atoms with Crippen molar-refractivity contribution in [2.24, 2.45) is 0 Å². The lowest BCUT2D eigenvalue weighted by atomic mass is 10.2. The maximum Gasteiger partial charge on any atom is 0.267 e. The fourth-order valence-electron chi connectivity index (χ4n) is 2.81. The first-order valence-electron chi connectivity index (χ1n) is 8.92. The van der Waals surface area contributed by atoms with E-state index in [4.69, 9.17) is 4.74 Å². The van der Waals surface area contributed by atoms with E-state index in [1.807, 2.05) is 19.9 Å². The Hall–Kier alpha value is -3.00. The van der Waals surface area contributed by atoms with Crippen LogP contribution in [-0.2, 0) is 4.74 Å². The summed E-state index contributed by atoms with van der Waals surface area (Å²) in [7, 11) is 1.54. The van der Waals surface area contributed by atoms with Crippen LogP contribution in [0.1, 0.15) is 29.3 Å². The average molecular weight is 369 g/mol. The molecule has 0 aliphatic carbocycles. The second-order valence-corrected chi connectivity index (χ2v) is 6.16. The number of anilines is 1. The smallest absolute Gasteiger partial charge is 0.267 e. The number of aryl methyl sites for hydroxylation is 1. The first-order valence-corrected chi connectivity index (χ1v) is 8.92. The number of ether oxygens (including phenoxy) is 1. The molecule has 0 bridgehead atoms. The van der Waals surface area contributed by atoms with Gasteiger partial charge in [0.2, 0.25) is 0 Å². The molecule has 0 aliphatic heterocycles. The zero-order valence-corrected chi connectivity index (χ0v) is 15.7. The van der Waals surface area contributed by atoms with Crippen LogP contribution in [-0.4, -0.2) is 47.1 Å². The summed E-state index contributed by atoms with van der Waals surface area (Å²) in [6.45, 7) is 5.72. The van der Waals surface area contributed by atoms with Crippen molar-refractivity contribution in [1.82, 2.24) is 19.7 Å². The minimum absolute atomic E-state index is 0.251. The van der Waals surface area contributed by atoms with Gasteiger partial charge >= 0.3 is 0 Å². The molecule has 0 saturated carbocycles. The number of aromatic nitrogens is 3. The summed E-state index contributed by atoms with van der Waals surface area (Å²) in [6.07, 6.45) is 2.50. The summed E-state index contributed by atoms with van der Waals surface area (Å²) in [6, 6.07) is 5.22. The molecular formula is C19H23N5O3. The summed E-state index contributed by atoms with van der Waals surface area (Å²) in [5.74, 6) is 0.0900. The van der Waals surface area contributed by atoms with Gasteiger partial charge in [-0.2, -0.15) is 0 Å². The number of carbonyl (C=O) groups excluding carboxylic acids is 1. The lowest BCUT2D eigenvalue weighted by Gasteiger charge is -2.12. The second kappa shape index (κ2) is 8.13. The third kappa shape index (κ3) is 3.90. The zero-order valence-electron chi connectivity index (χ0n) is 15.7. The molecule has 142 valence electrons. The minimum Gasteiger partial charge on any atom is -0.382 e. The molecule has 0 spiro atoms. The van der Waals surface area contributed by atoms with Crippen LogP contribution in [0.2, 0.25) is 0 Å². The van der Waals surface area contributed by atoms with Crippen molar-refractivity contribution in [3.63, 3.8) is 0 Å². The fourth-order valence-corrected chi connectivity index (χ4v) is 2.81. The largest absolute Gasteiger partial charge is 0.382 e. The number of amides is 1. The monoisotopic (exact) mass is 369 g/mol. The molecular weight excluding hydrogens is 346 g/mol. The number of rotatable bonds is 7. The van der Waals surface area contributed by atoms with Gasteiger partial charge in [-0.15, -0.1) is 0 Å². The first kappa shape index (κ1) is 18.8. The molecule has 2 N–H and O–H groups in total. The van der Waals surface area contributed by atoms with E-state index in [-0.39, 0.29) is 11.5 Å². The van der Waals surface area contributed by atoms with Crippen molar-refractivity contribution in [1.29, 1.82) is 0 Å². The fraction of sp³-hybridized carbons (Fsp3) is 0.368. The maximum atomic E-state index is 12.9. The van der Waals surface area contributed by atoms with Crippen LogP contribution in [0.5, 0.6) is 0 Å². The lowest BCUT2D eigenvalue weighted by molar-refractivity contribution is 0.0963. The van der Waals surface area contributed by atoms with Gasteiger partial charge in [-0.1, -0.05) is 6.07 Å². The van der Waals surface area contributed by atoms with E-state index in [0.29, 0.717) is 47.8 Å². The van der Waals surface area contributed by atoms with Crippen molar-refractivity contribution < 1.29 is 9.53 Å². The molecule has 0 aliphatic rings. The number of nitrogens with zero attached hydrogens (tertiary/aromatic N) is 3. The molecule has 3 aromatic rings. The SMILES string of the molecule is CCOCCCNc1nc2nc3ccc(C)cn3c(=O)c2cc1C(=O)NC. The Labute approximate surface area is 156 Å². The van der Waals surface area contributed by atoms with Crippen molar-refractivity contribution in [2.45, 2.75) is 20.3 Å². The van der Waals surface area contributed by atoms with Crippen LogP contribution in [0.3, 0.4) is 0 Å². The number of hydrogen-bond donors (Lipinski definition) is 2. The van der Waals surface area contributed by atoms with Crippen LogP contribution in [0.15, 0.2) is 29.2 Å². The van der Waals surface area contributed by atoms with Gasteiger partial charge in [0.05, 0.1) is 10.9 Å². The van der Waals surface area contributed by atoms with E-state index in [1.54, 1.807) is 25.4 Å². The first-order chi connectivity index (χ1) is 13.0. The highest BCUT2D eigenvalue weighted by molar-refractivity contribution is 6.01. The number of fused-ring (bicyclic) bond motifs is 2. The summed E-state index contributed by atoms with van der Waals surface area (Å²) in [4.78, 5) is 34.1. The molecule has 0 unspecified atom stereocenters. The summed E-state index contributed by atoms with van der Waals surface area (Å²) in [5, 5.41) is 6.05. The normalized spacial score (nSPS) is 11.1. The predicted octanol–water partition coefficient (Wildman–Crippen LogP) is 1.75. The van der Waals surface area contributed by atoms with Crippen LogP contribution >= 0.6 is 0 Å². The van der Waals surface area contributed by atoms with E-state index >= 15 is 0 Å². The summed E-state index contributed by atoms with van der Waals surface area (Å²) < 4.78 is 6.79.